The van der Waals surface area contributed by atoms with E-state index in [2.05, 4.69) is 15.6 Å². The van der Waals surface area contributed by atoms with E-state index >= 15 is 0 Å². The van der Waals surface area contributed by atoms with Crippen LogP contribution in [0.3, 0.4) is 0 Å². The molecule has 7 heteroatoms. The van der Waals surface area contributed by atoms with E-state index < -0.39 is 0 Å². The molecule has 0 bridgehead atoms. The fourth-order valence-corrected chi connectivity index (χ4v) is 2.54. The first-order valence-corrected chi connectivity index (χ1v) is 8.28. The van der Waals surface area contributed by atoms with Gasteiger partial charge in [-0.2, -0.15) is 0 Å². The second-order valence-corrected chi connectivity index (χ2v) is 5.58. The number of aromatic nitrogens is 1. The van der Waals surface area contributed by atoms with Crippen molar-refractivity contribution in [3.05, 3.63) is 46.3 Å². The Morgan fingerprint density at radius 1 is 1.17 bits per heavy atom. The zero-order chi connectivity index (χ0) is 16.5. The summed E-state index contributed by atoms with van der Waals surface area (Å²) in [7, 11) is 0. The molecule has 2 aromatic rings. The lowest BCUT2D eigenvalue weighted by atomic mass is 10.2. The quantitative estimate of drug-likeness (QED) is 0.725. The van der Waals surface area contributed by atoms with E-state index in [0.29, 0.717) is 42.4 Å². The van der Waals surface area contributed by atoms with Crippen molar-refractivity contribution in [1.82, 2.24) is 15.6 Å². The maximum absolute atomic E-state index is 12.1. The smallest absolute Gasteiger partial charge is 0.261 e. The van der Waals surface area contributed by atoms with E-state index in [1.165, 1.54) is 11.3 Å². The van der Waals surface area contributed by atoms with Gasteiger partial charge in [0, 0.05) is 19.3 Å². The third-order valence-electron chi connectivity index (χ3n) is 2.97. The van der Waals surface area contributed by atoms with Crippen molar-refractivity contribution in [3.63, 3.8) is 0 Å². The van der Waals surface area contributed by atoms with Gasteiger partial charge in [0.15, 0.2) is 0 Å². The molecule has 0 saturated carbocycles. The highest BCUT2D eigenvalue weighted by Crippen LogP contribution is 2.13. The molecule has 6 nitrogen and oxygen atoms in total. The predicted molar refractivity (Wildman–Crippen MR) is 89.0 cm³/mol. The molecule has 2 N–H and O–H groups in total. The second-order valence-electron chi connectivity index (χ2n) is 4.63. The molecule has 0 spiro atoms. The molecule has 0 fully saturated rings. The number of carbonyl (C=O) groups excluding carboxylic acids is 2. The Kier molecular flexibility index (Phi) is 6.56. The molecule has 2 amide bonds. The van der Waals surface area contributed by atoms with Crippen LogP contribution >= 0.6 is 11.3 Å². The molecule has 0 unspecified atom stereocenters. The average molecular weight is 333 g/mol. The number of ether oxygens (including phenoxy) is 1. The van der Waals surface area contributed by atoms with Gasteiger partial charge in [0.2, 0.25) is 5.88 Å². The van der Waals surface area contributed by atoms with Crippen LogP contribution in [0.25, 0.3) is 0 Å². The highest BCUT2D eigenvalue weighted by molar-refractivity contribution is 7.12. The lowest BCUT2D eigenvalue weighted by molar-refractivity contribution is 0.0948. The summed E-state index contributed by atoms with van der Waals surface area (Å²) in [6, 6.07) is 6.98. The summed E-state index contributed by atoms with van der Waals surface area (Å²) >= 11 is 1.40. The van der Waals surface area contributed by atoms with Crippen LogP contribution < -0.4 is 15.4 Å². The first kappa shape index (κ1) is 17.0. The fourth-order valence-electron chi connectivity index (χ4n) is 1.90. The minimum atomic E-state index is -0.230. The van der Waals surface area contributed by atoms with Gasteiger partial charge in [-0.15, -0.1) is 11.3 Å². The molecule has 0 radical (unpaired) electrons. The van der Waals surface area contributed by atoms with E-state index in [4.69, 9.17) is 4.74 Å². The van der Waals surface area contributed by atoms with Gasteiger partial charge < -0.3 is 15.4 Å². The van der Waals surface area contributed by atoms with Crippen LogP contribution in [0.15, 0.2) is 35.8 Å². The molecule has 0 aliphatic rings. The minimum absolute atomic E-state index is 0.0859. The summed E-state index contributed by atoms with van der Waals surface area (Å²) in [6.07, 6.45) is 2.23. The predicted octanol–water partition coefficient (Wildman–Crippen LogP) is 2.09. The van der Waals surface area contributed by atoms with Crippen LogP contribution in [0.4, 0.5) is 0 Å². The first-order chi connectivity index (χ1) is 11.2. The maximum atomic E-state index is 12.1. The molecule has 2 rings (SSSR count). The Morgan fingerprint density at radius 2 is 1.96 bits per heavy atom. The molecule has 2 heterocycles. The Morgan fingerprint density at radius 3 is 2.65 bits per heavy atom. The minimum Gasteiger partial charge on any atom is -0.477 e. The molecule has 0 aliphatic carbocycles. The van der Waals surface area contributed by atoms with Crippen LogP contribution in [0.5, 0.6) is 5.88 Å². The number of hydrogen-bond acceptors (Lipinski definition) is 5. The average Bonchev–Trinajstić information content (AvgIpc) is 3.09. The largest absolute Gasteiger partial charge is 0.477 e. The van der Waals surface area contributed by atoms with Crippen molar-refractivity contribution < 1.29 is 14.3 Å². The van der Waals surface area contributed by atoms with Gasteiger partial charge in [-0.05, 0) is 36.9 Å². The standard InChI is InChI=1S/C16H19N3O3S/c1-2-22-16-12(6-3-8-19-16)14(20)17-9-5-10-18-15(21)13-7-4-11-23-13/h3-4,6-8,11H,2,5,9-10H2,1H3,(H,17,20)(H,18,21). The Balaban J connectivity index is 1.72. The lowest BCUT2D eigenvalue weighted by Gasteiger charge is -2.09. The lowest BCUT2D eigenvalue weighted by Crippen LogP contribution is -2.29. The van der Waals surface area contributed by atoms with Crippen LogP contribution in [-0.2, 0) is 0 Å². The Labute approximate surface area is 138 Å². The zero-order valence-electron chi connectivity index (χ0n) is 12.9. The summed E-state index contributed by atoms with van der Waals surface area (Å²) in [6.45, 7) is 3.26. The number of rotatable bonds is 8. The number of hydrogen-bond donors (Lipinski definition) is 2. The van der Waals surface area contributed by atoms with E-state index in [9.17, 15) is 9.59 Å². The van der Waals surface area contributed by atoms with Gasteiger partial charge in [-0.3, -0.25) is 9.59 Å². The summed E-state index contributed by atoms with van der Waals surface area (Å²) < 4.78 is 5.33. The van der Waals surface area contributed by atoms with Gasteiger partial charge in [0.25, 0.3) is 11.8 Å². The number of nitrogens with zero attached hydrogens (tertiary/aromatic N) is 1. The highest BCUT2D eigenvalue weighted by Gasteiger charge is 2.12. The Bertz CT molecular complexity index is 644. The normalized spacial score (nSPS) is 10.1. The van der Waals surface area contributed by atoms with E-state index in [1.54, 1.807) is 24.4 Å². The molecular formula is C16H19N3O3S. The van der Waals surface area contributed by atoms with Crippen molar-refractivity contribution >= 4 is 23.2 Å². The van der Waals surface area contributed by atoms with Gasteiger partial charge in [-0.25, -0.2) is 4.98 Å². The SMILES string of the molecule is CCOc1ncccc1C(=O)NCCCNC(=O)c1cccs1. The van der Waals surface area contributed by atoms with Crippen molar-refractivity contribution in [2.45, 2.75) is 13.3 Å². The summed E-state index contributed by atoms with van der Waals surface area (Å²) in [5.41, 5.74) is 0.414. The van der Waals surface area contributed by atoms with E-state index in [0.717, 1.165) is 0 Å². The molecule has 0 saturated heterocycles. The third-order valence-corrected chi connectivity index (χ3v) is 3.84. The van der Waals surface area contributed by atoms with Gasteiger partial charge in [0.1, 0.15) is 5.56 Å². The fraction of sp³-hybridized carbons (Fsp3) is 0.312. The molecule has 0 atom stereocenters. The van der Waals surface area contributed by atoms with Crippen LogP contribution in [0, 0.1) is 0 Å². The number of amides is 2. The summed E-state index contributed by atoms with van der Waals surface area (Å²) in [4.78, 5) is 28.6. The summed E-state index contributed by atoms with van der Waals surface area (Å²) in [5.74, 6) is 0.0156. The van der Waals surface area contributed by atoms with Crippen LogP contribution in [-0.4, -0.2) is 36.5 Å². The van der Waals surface area contributed by atoms with E-state index in [-0.39, 0.29) is 11.8 Å². The monoisotopic (exact) mass is 333 g/mol. The number of nitrogens with one attached hydrogen (secondary N) is 2. The van der Waals surface area contributed by atoms with Crippen molar-refractivity contribution in [1.29, 1.82) is 0 Å². The molecule has 2 aromatic heterocycles. The molecular weight excluding hydrogens is 314 g/mol. The number of thiophene rings is 1. The molecule has 122 valence electrons. The second kappa shape index (κ2) is 8.89. The van der Waals surface area contributed by atoms with E-state index in [1.807, 2.05) is 18.4 Å². The van der Waals surface area contributed by atoms with Crippen molar-refractivity contribution in [3.8, 4) is 5.88 Å². The van der Waals surface area contributed by atoms with Crippen molar-refractivity contribution in [2.24, 2.45) is 0 Å². The van der Waals surface area contributed by atoms with Gasteiger partial charge in [-0.1, -0.05) is 6.07 Å². The number of pyridine rings is 1. The zero-order valence-corrected chi connectivity index (χ0v) is 13.7. The highest BCUT2D eigenvalue weighted by atomic mass is 32.1. The molecule has 23 heavy (non-hydrogen) atoms. The third kappa shape index (κ3) is 5.07. The molecule has 0 aromatic carbocycles. The summed E-state index contributed by atoms with van der Waals surface area (Å²) in [5, 5.41) is 7.47. The topological polar surface area (TPSA) is 80.3 Å². The van der Waals surface area contributed by atoms with Gasteiger partial charge in [0.05, 0.1) is 11.5 Å². The van der Waals surface area contributed by atoms with Crippen LogP contribution in [0.1, 0.15) is 33.4 Å². The van der Waals surface area contributed by atoms with Gasteiger partial charge >= 0.3 is 0 Å². The maximum Gasteiger partial charge on any atom is 0.261 e. The van der Waals surface area contributed by atoms with Crippen molar-refractivity contribution in [2.75, 3.05) is 19.7 Å². The van der Waals surface area contributed by atoms with Crippen LogP contribution in [0.2, 0.25) is 0 Å². The number of carbonyl (C=O) groups is 2. The molecule has 0 aliphatic heterocycles. The first-order valence-electron chi connectivity index (χ1n) is 7.40. The Hall–Kier alpha value is -2.41.